The van der Waals surface area contributed by atoms with Crippen LogP contribution in [0.15, 0.2) is 95.3 Å². The molecule has 2 N–H and O–H groups in total. The molecule has 176 valence electrons. The standard InChI is InChI=1S/C27H24FN5OS/c1-17-9-8-10-19(15-17)16-35-27-31-26-29-18(2)23(25(34)30-20-11-4-3-5-12-20)24(33(26)32-27)21-13-6-7-14-22(21)28/h3-15,24H,16H2,1-2H3,(H,30,34)(H,29,31,32)/t24-/m0/s1. The quantitative estimate of drug-likeness (QED) is 0.331. The molecule has 0 saturated carbocycles. The molecule has 6 nitrogen and oxygen atoms in total. The van der Waals surface area contributed by atoms with E-state index in [0.717, 1.165) is 0 Å². The second kappa shape index (κ2) is 9.76. The number of hydrogen-bond donors (Lipinski definition) is 2. The van der Waals surface area contributed by atoms with Crippen LogP contribution in [0.2, 0.25) is 0 Å². The summed E-state index contributed by atoms with van der Waals surface area (Å²) >= 11 is 1.49. The largest absolute Gasteiger partial charge is 0.328 e. The topological polar surface area (TPSA) is 71.8 Å². The number of fused-ring (bicyclic) bond motifs is 1. The van der Waals surface area contributed by atoms with Gasteiger partial charge in [0, 0.05) is 22.7 Å². The van der Waals surface area contributed by atoms with Crippen molar-refractivity contribution in [1.29, 1.82) is 0 Å². The number of thioether (sulfide) groups is 1. The third kappa shape index (κ3) is 4.83. The Balaban J connectivity index is 1.50. The van der Waals surface area contributed by atoms with Crippen molar-refractivity contribution in [3.05, 3.63) is 113 Å². The van der Waals surface area contributed by atoms with E-state index in [0.29, 0.717) is 39.4 Å². The number of amides is 1. The van der Waals surface area contributed by atoms with E-state index < -0.39 is 11.9 Å². The predicted molar refractivity (Wildman–Crippen MR) is 137 cm³/mol. The van der Waals surface area contributed by atoms with E-state index in [-0.39, 0.29) is 5.91 Å². The predicted octanol–water partition coefficient (Wildman–Crippen LogP) is 5.95. The van der Waals surface area contributed by atoms with Crippen LogP contribution < -0.4 is 10.6 Å². The highest BCUT2D eigenvalue weighted by Gasteiger charge is 2.35. The van der Waals surface area contributed by atoms with Crippen LogP contribution in [-0.2, 0) is 10.5 Å². The van der Waals surface area contributed by atoms with Gasteiger partial charge in [-0.2, -0.15) is 4.98 Å². The highest BCUT2D eigenvalue weighted by atomic mass is 32.2. The molecule has 4 aromatic rings. The van der Waals surface area contributed by atoms with Gasteiger partial charge in [-0.1, -0.05) is 78.0 Å². The normalized spacial score (nSPS) is 14.9. The third-order valence-corrected chi connectivity index (χ3v) is 6.67. The molecule has 5 rings (SSSR count). The number of allylic oxidation sites excluding steroid dienone is 1. The molecule has 0 radical (unpaired) electrons. The summed E-state index contributed by atoms with van der Waals surface area (Å²) in [5.41, 5.74) is 4.35. The molecule has 0 spiro atoms. The maximum absolute atomic E-state index is 15.0. The fraction of sp³-hybridized carbons (Fsp3) is 0.148. The lowest BCUT2D eigenvalue weighted by molar-refractivity contribution is -0.113. The summed E-state index contributed by atoms with van der Waals surface area (Å²) in [6, 6.07) is 23.1. The fourth-order valence-corrected chi connectivity index (χ4v) is 4.91. The zero-order chi connectivity index (χ0) is 24.4. The van der Waals surface area contributed by atoms with Gasteiger partial charge in [-0.15, -0.1) is 5.10 Å². The number of carbonyl (C=O) groups is 1. The van der Waals surface area contributed by atoms with Gasteiger partial charge in [-0.05, 0) is 37.6 Å². The van der Waals surface area contributed by atoms with E-state index in [1.165, 1.54) is 29.0 Å². The number of anilines is 2. The van der Waals surface area contributed by atoms with Gasteiger partial charge >= 0.3 is 0 Å². The lowest BCUT2D eigenvalue weighted by atomic mass is 9.94. The van der Waals surface area contributed by atoms with Gasteiger partial charge in [0.05, 0.1) is 5.57 Å². The highest BCUT2D eigenvalue weighted by Crippen LogP contribution is 2.38. The number of aromatic nitrogens is 3. The summed E-state index contributed by atoms with van der Waals surface area (Å²) in [7, 11) is 0. The van der Waals surface area contributed by atoms with E-state index >= 15 is 4.39 Å². The van der Waals surface area contributed by atoms with Crippen molar-refractivity contribution in [2.75, 3.05) is 10.6 Å². The summed E-state index contributed by atoms with van der Waals surface area (Å²) in [5.74, 6) is 0.430. The Morgan fingerprint density at radius 3 is 2.60 bits per heavy atom. The van der Waals surface area contributed by atoms with Gasteiger partial charge in [0.2, 0.25) is 11.1 Å². The fourth-order valence-electron chi connectivity index (χ4n) is 4.14. The molecule has 8 heteroatoms. The van der Waals surface area contributed by atoms with Crippen LogP contribution in [0, 0.1) is 12.7 Å². The Morgan fingerprint density at radius 1 is 1.06 bits per heavy atom. The van der Waals surface area contributed by atoms with Crippen molar-refractivity contribution in [3.63, 3.8) is 0 Å². The molecule has 1 amide bonds. The van der Waals surface area contributed by atoms with Crippen molar-refractivity contribution < 1.29 is 9.18 Å². The molecule has 3 aromatic carbocycles. The number of rotatable bonds is 6. The number of benzene rings is 3. The van der Waals surface area contributed by atoms with Crippen molar-refractivity contribution >= 4 is 29.3 Å². The van der Waals surface area contributed by atoms with E-state index in [9.17, 15) is 4.79 Å². The zero-order valence-corrected chi connectivity index (χ0v) is 20.1. The molecule has 1 atom stereocenters. The molecular weight excluding hydrogens is 461 g/mol. The van der Waals surface area contributed by atoms with Gasteiger partial charge in [0.1, 0.15) is 11.9 Å². The zero-order valence-electron chi connectivity index (χ0n) is 19.3. The Labute approximate surface area is 207 Å². The first kappa shape index (κ1) is 22.9. The van der Waals surface area contributed by atoms with Crippen LogP contribution in [0.1, 0.15) is 29.7 Å². The minimum Gasteiger partial charge on any atom is -0.328 e. The van der Waals surface area contributed by atoms with Gasteiger partial charge in [-0.25, -0.2) is 9.07 Å². The van der Waals surface area contributed by atoms with Gasteiger partial charge in [0.15, 0.2) is 0 Å². The molecule has 0 bridgehead atoms. The van der Waals surface area contributed by atoms with Gasteiger partial charge in [-0.3, -0.25) is 4.79 Å². The minimum atomic E-state index is -0.767. The van der Waals surface area contributed by atoms with Crippen molar-refractivity contribution in [3.8, 4) is 0 Å². The maximum atomic E-state index is 15.0. The molecule has 0 aliphatic carbocycles. The first-order chi connectivity index (χ1) is 17.0. The maximum Gasteiger partial charge on any atom is 0.255 e. The van der Waals surface area contributed by atoms with Crippen LogP contribution in [0.25, 0.3) is 0 Å². The van der Waals surface area contributed by atoms with Gasteiger partial charge < -0.3 is 10.6 Å². The molecule has 1 aromatic heterocycles. The smallest absolute Gasteiger partial charge is 0.255 e. The average molecular weight is 486 g/mol. The Morgan fingerprint density at radius 2 is 1.83 bits per heavy atom. The molecule has 0 fully saturated rings. The number of nitrogens with one attached hydrogen (secondary N) is 2. The summed E-state index contributed by atoms with van der Waals surface area (Å²) < 4.78 is 16.6. The number of aryl methyl sites for hydroxylation is 1. The molecule has 35 heavy (non-hydrogen) atoms. The molecule has 1 aliphatic heterocycles. The van der Waals surface area contributed by atoms with Crippen LogP contribution in [0.5, 0.6) is 0 Å². The summed E-state index contributed by atoms with van der Waals surface area (Å²) in [5, 5.41) is 11.4. The molecule has 1 aliphatic rings. The van der Waals surface area contributed by atoms with Gasteiger partial charge in [0.25, 0.3) is 5.91 Å². The van der Waals surface area contributed by atoms with E-state index in [1.54, 1.807) is 29.8 Å². The Bertz CT molecular complexity index is 1420. The van der Waals surface area contributed by atoms with E-state index in [4.69, 9.17) is 0 Å². The van der Waals surface area contributed by atoms with Crippen molar-refractivity contribution in [1.82, 2.24) is 14.8 Å². The number of halogens is 1. The monoisotopic (exact) mass is 485 g/mol. The van der Waals surface area contributed by atoms with Crippen LogP contribution >= 0.6 is 11.8 Å². The number of para-hydroxylation sites is 1. The van der Waals surface area contributed by atoms with Crippen LogP contribution in [0.4, 0.5) is 16.0 Å². The van der Waals surface area contributed by atoms with Crippen molar-refractivity contribution in [2.45, 2.75) is 30.8 Å². The highest BCUT2D eigenvalue weighted by molar-refractivity contribution is 7.98. The first-order valence-corrected chi connectivity index (χ1v) is 12.2. The molecule has 0 unspecified atom stereocenters. The molecule has 0 saturated heterocycles. The van der Waals surface area contributed by atoms with Crippen LogP contribution in [-0.4, -0.2) is 20.7 Å². The minimum absolute atomic E-state index is 0.329. The van der Waals surface area contributed by atoms with Crippen LogP contribution in [0.3, 0.4) is 0 Å². The second-order valence-corrected chi connectivity index (χ2v) is 9.29. The first-order valence-electron chi connectivity index (χ1n) is 11.2. The summed E-state index contributed by atoms with van der Waals surface area (Å²) in [6.07, 6.45) is 0. The molecule has 2 heterocycles. The lowest BCUT2D eigenvalue weighted by Crippen LogP contribution is -2.32. The van der Waals surface area contributed by atoms with Crippen molar-refractivity contribution in [2.24, 2.45) is 0 Å². The second-order valence-electron chi connectivity index (χ2n) is 8.35. The summed E-state index contributed by atoms with van der Waals surface area (Å²) in [4.78, 5) is 18.1. The molecular formula is C27H24FN5OS. The third-order valence-electron chi connectivity index (χ3n) is 5.76. The number of nitrogens with zero attached hydrogens (tertiary/aromatic N) is 3. The Kier molecular flexibility index (Phi) is 6.37. The number of hydrogen-bond acceptors (Lipinski definition) is 5. The SMILES string of the molecule is CC1=C(C(=O)Nc2ccccc2)[C@H](c2ccccc2F)n2nc(SCc3cccc(C)c3)nc2N1. The number of carbonyl (C=O) groups excluding carboxylic acids is 1. The average Bonchev–Trinajstić information content (AvgIpc) is 3.25. The van der Waals surface area contributed by atoms with E-state index in [2.05, 4.69) is 45.8 Å². The Hall–Kier alpha value is -3.91. The lowest BCUT2D eigenvalue weighted by Gasteiger charge is -2.28. The van der Waals surface area contributed by atoms with E-state index in [1.807, 2.05) is 36.4 Å². The summed E-state index contributed by atoms with van der Waals surface area (Å²) in [6.45, 7) is 3.85.